The van der Waals surface area contributed by atoms with Crippen LogP contribution in [0.5, 0.6) is 0 Å². The number of carbonyl (C=O) groups excluding carboxylic acids is 2. The lowest BCUT2D eigenvalue weighted by Crippen LogP contribution is -2.41. The summed E-state index contributed by atoms with van der Waals surface area (Å²) in [5.41, 5.74) is -0.509. The fourth-order valence-electron chi connectivity index (χ4n) is 3.92. The molecule has 1 N–H and O–H groups in total. The molecule has 0 saturated heterocycles. The van der Waals surface area contributed by atoms with Crippen molar-refractivity contribution in [3.8, 4) is 0 Å². The second-order valence-electron chi connectivity index (χ2n) is 7.98. The quantitative estimate of drug-likeness (QED) is 0.672. The van der Waals surface area contributed by atoms with E-state index in [-0.39, 0.29) is 23.1 Å². The molecule has 2 amide bonds. The summed E-state index contributed by atoms with van der Waals surface area (Å²) in [5.74, 6) is -0.102. The Bertz CT molecular complexity index is 911. The number of furan rings is 1. The summed E-state index contributed by atoms with van der Waals surface area (Å²) >= 11 is 0. The van der Waals surface area contributed by atoms with Gasteiger partial charge in [0, 0.05) is 32.0 Å². The van der Waals surface area contributed by atoms with Crippen molar-refractivity contribution in [1.29, 1.82) is 0 Å². The van der Waals surface area contributed by atoms with E-state index >= 15 is 0 Å². The number of rotatable bonds is 8. The normalized spacial score (nSPS) is 14.5. The SMILES string of the molecule is CCCCNC(=O)c1cn(Cc2ccco2)cc(C(=O)N(C)C2CCCCC2)c1=O. The highest BCUT2D eigenvalue weighted by atomic mass is 16.3. The van der Waals surface area contributed by atoms with Gasteiger partial charge in [-0.3, -0.25) is 14.4 Å². The van der Waals surface area contributed by atoms with Gasteiger partial charge in [-0.1, -0.05) is 32.6 Å². The number of amides is 2. The van der Waals surface area contributed by atoms with E-state index in [1.54, 1.807) is 28.8 Å². The van der Waals surface area contributed by atoms with E-state index in [9.17, 15) is 14.4 Å². The summed E-state index contributed by atoms with van der Waals surface area (Å²) in [5, 5.41) is 2.78. The monoisotopic (exact) mass is 413 g/mol. The van der Waals surface area contributed by atoms with Crippen LogP contribution < -0.4 is 10.7 Å². The Kier molecular flexibility index (Phi) is 7.49. The molecule has 2 aromatic rings. The van der Waals surface area contributed by atoms with Gasteiger partial charge in [0.2, 0.25) is 5.43 Å². The van der Waals surface area contributed by atoms with Gasteiger partial charge in [-0.25, -0.2) is 0 Å². The van der Waals surface area contributed by atoms with Crippen molar-refractivity contribution in [2.24, 2.45) is 0 Å². The van der Waals surface area contributed by atoms with Crippen LogP contribution in [0.25, 0.3) is 0 Å². The number of carbonyl (C=O) groups is 2. The van der Waals surface area contributed by atoms with Crippen LogP contribution in [-0.2, 0) is 6.54 Å². The van der Waals surface area contributed by atoms with Crippen LogP contribution in [0.1, 0.15) is 78.3 Å². The standard InChI is InChI=1S/C23H31N3O4/c1-3-4-12-24-22(28)19-15-26(14-18-11-8-13-30-18)16-20(21(19)27)23(29)25(2)17-9-6-5-7-10-17/h8,11,13,15-17H,3-7,9-10,12,14H2,1-2H3,(H,24,28). The molecule has 0 radical (unpaired) electrons. The minimum absolute atomic E-state index is 0.0134. The lowest BCUT2D eigenvalue weighted by atomic mass is 9.94. The van der Waals surface area contributed by atoms with Gasteiger partial charge in [-0.2, -0.15) is 0 Å². The van der Waals surface area contributed by atoms with Crippen molar-refractivity contribution in [3.05, 3.63) is 57.9 Å². The Morgan fingerprint density at radius 1 is 1.20 bits per heavy atom. The van der Waals surface area contributed by atoms with Gasteiger partial charge in [0.05, 0.1) is 12.8 Å². The maximum absolute atomic E-state index is 13.2. The van der Waals surface area contributed by atoms with Crippen molar-refractivity contribution in [3.63, 3.8) is 0 Å². The molecule has 0 unspecified atom stereocenters. The smallest absolute Gasteiger partial charge is 0.259 e. The van der Waals surface area contributed by atoms with E-state index < -0.39 is 11.3 Å². The molecule has 2 aromatic heterocycles. The average molecular weight is 414 g/mol. The zero-order chi connectivity index (χ0) is 21.5. The fraction of sp³-hybridized carbons (Fsp3) is 0.522. The highest BCUT2D eigenvalue weighted by Gasteiger charge is 2.27. The molecule has 30 heavy (non-hydrogen) atoms. The maximum atomic E-state index is 13.2. The van der Waals surface area contributed by atoms with Gasteiger partial charge in [0.25, 0.3) is 11.8 Å². The minimum atomic E-state index is -0.521. The molecule has 1 fully saturated rings. The summed E-state index contributed by atoms with van der Waals surface area (Å²) in [6.45, 7) is 2.85. The molecule has 7 nitrogen and oxygen atoms in total. The van der Waals surface area contributed by atoms with Gasteiger partial charge in [0.1, 0.15) is 16.9 Å². The Labute approximate surface area is 177 Å². The Balaban J connectivity index is 1.93. The largest absolute Gasteiger partial charge is 0.467 e. The molecule has 0 atom stereocenters. The molecule has 1 aliphatic carbocycles. The molecule has 0 aliphatic heterocycles. The van der Waals surface area contributed by atoms with Crippen molar-refractivity contribution < 1.29 is 14.0 Å². The maximum Gasteiger partial charge on any atom is 0.259 e. The Morgan fingerprint density at radius 2 is 1.93 bits per heavy atom. The first-order chi connectivity index (χ1) is 14.5. The van der Waals surface area contributed by atoms with Crippen molar-refractivity contribution in [2.75, 3.05) is 13.6 Å². The van der Waals surface area contributed by atoms with Crippen LogP contribution in [-0.4, -0.2) is 40.9 Å². The number of unbranched alkanes of at least 4 members (excludes halogenated alkanes) is 1. The first-order valence-corrected chi connectivity index (χ1v) is 10.8. The van der Waals surface area contributed by atoms with Gasteiger partial charge >= 0.3 is 0 Å². The molecule has 1 aliphatic rings. The minimum Gasteiger partial charge on any atom is -0.467 e. The number of aromatic nitrogens is 1. The predicted molar refractivity (Wildman–Crippen MR) is 115 cm³/mol. The molecule has 0 spiro atoms. The number of hydrogen-bond donors (Lipinski definition) is 1. The zero-order valence-electron chi connectivity index (χ0n) is 17.9. The topological polar surface area (TPSA) is 84.6 Å². The number of hydrogen-bond acceptors (Lipinski definition) is 4. The van der Waals surface area contributed by atoms with Gasteiger partial charge in [-0.05, 0) is 31.4 Å². The van der Waals surface area contributed by atoms with Crippen molar-refractivity contribution in [1.82, 2.24) is 14.8 Å². The predicted octanol–water partition coefficient (Wildman–Crippen LogP) is 3.42. The van der Waals surface area contributed by atoms with Crippen LogP contribution in [0.2, 0.25) is 0 Å². The lowest BCUT2D eigenvalue weighted by Gasteiger charge is -2.31. The highest BCUT2D eigenvalue weighted by Crippen LogP contribution is 2.22. The molecule has 0 aromatic carbocycles. The lowest BCUT2D eigenvalue weighted by molar-refractivity contribution is 0.0694. The second kappa shape index (κ2) is 10.3. The van der Waals surface area contributed by atoms with Gasteiger partial charge in [-0.15, -0.1) is 0 Å². The molecular formula is C23H31N3O4. The molecule has 162 valence electrons. The summed E-state index contributed by atoms with van der Waals surface area (Å²) in [6.07, 6.45) is 11.6. The summed E-state index contributed by atoms with van der Waals surface area (Å²) < 4.78 is 7.07. The van der Waals surface area contributed by atoms with Crippen LogP contribution in [0, 0.1) is 0 Å². The van der Waals surface area contributed by atoms with E-state index in [2.05, 4.69) is 5.32 Å². The van der Waals surface area contributed by atoms with Gasteiger partial charge < -0.3 is 19.2 Å². The first-order valence-electron chi connectivity index (χ1n) is 10.8. The van der Waals surface area contributed by atoms with E-state index in [1.165, 1.54) is 18.8 Å². The van der Waals surface area contributed by atoms with E-state index in [4.69, 9.17) is 4.42 Å². The van der Waals surface area contributed by atoms with E-state index in [0.717, 1.165) is 38.5 Å². The molecule has 2 heterocycles. The molecule has 3 rings (SSSR count). The third-order valence-corrected chi connectivity index (χ3v) is 5.73. The second-order valence-corrected chi connectivity index (χ2v) is 7.98. The van der Waals surface area contributed by atoms with Crippen LogP contribution in [0.3, 0.4) is 0 Å². The summed E-state index contributed by atoms with van der Waals surface area (Å²) in [6, 6.07) is 3.72. The average Bonchev–Trinajstić information content (AvgIpc) is 3.27. The fourth-order valence-corrected chi connectivity index (χ4v) is 3.92. The van der Waals surface area contributed by atoms with Gasteiger partial charge in [0.15, 0.2) is 0 Å². The van der Waals surface area contributed by atoms with E-state index in [0.29, 0.717) is 18.8 Å². The first kappa shape index (κ1) is 21.9. The van der Waals surface area contributed by atoms with Crippen molar-refractivity contribution >= 4 is 11.8 Å². The third-order valence-electron chi connectivity index (χ3n) is 5.73. The van der Waals surface area contributed by atoms with E-state index in [1.807, 2.05) is 13.0 Å². The third kappa shape index (κ3) is 5.20. The highest BCUT2D eigenvalue weighted by molar-refractivity contribution is 5.99. The van der Waals surface area contributed by atoms with Crippen LogP contribution in [0.4, 0.5) is 0 Å². The molecule has 0 bridgehead atoms. The number of pyridine rings is 1. The summed E-state index contributed by atoms with van der Waals surface area (Å²) in [7, 11) is 1.75. The van der Waals surface area contributed by atoms with Crippen molar-refractivity contribution in [2.45, 2.75) is 64.5 Å². The zero-order valence-corrected chi connectivity index (χ0v) is 17.9. The molecule has 1 saturated carbocycles. The van der Waals surface area contributed by atoms with Crippen LogP contribution >= 0.6 is 0 Å². The van der Waals surface area contributed by atoms with Crippen LogP contribution in [0.15, 0.2) is 40.0 Å². The molecular weight excluding hydrogens is 382 g/mol. The Morgan fingerprint density at radius 3 is 2.60 bits per heavy atom. The number of nitrogens with zero attached hydrogens (tertiary/aromatic N) is 2. The summed E-state index contributed by atoms with van der Waals surface area (Å²) in [4.78, 5) is 40.6. The Hall–Kier alpha value is -2.83. The molecule has 7 heteroatoms. The number of nitrogens with one attached hydrogen (secondary N) is 1.